The van der Waals surface area contributed by atoms with Gasteiger partial charge in [0.15, 0.2) is 4.34 Å². The number of carbonyl (C=O) groups excluding carboxylic acids is 1. The molecule has 0 aliphatic rings. The van der Waals surface area contributed by atoms with Crippen LogP contribution in [0, 0.1) is 5.82 Å². The first-order chi connectivity index (χ1) is 12.6. The fourth-order valence-electron chi connectivity index (χ4n) is 2.38. The average molecular weight is 387 g/mol. The summed E-state index contributed by atoms with van der Waals surface area (Å²) in [5.74, 6) is -0.269. The summed E-state index contributed by atoms with van der Waals surface area (Å²) >= 11 is 3.01. The quantitative estimate of drug-likeness (QED) is 0.594. The summed E-state index contributed by atoms with van der Waals surface area (Å²) in [4.78, 5) is 16.9. The molecular weight excluding hydrogens is 367 g/mol. The van der Waals surface area contributed by atoms with E-state index in [0.29, 0.717) is 13.0 Å². The number of halogens is 1. The van der Waals surface area contributed by atoms with Gasteiger partial charge in [-0.3, -0.25) is 4.79 Å². The van der Waals surface area contributed by atoms with Crippen LogP contribution in [-0.4, -0.2) is 22.7 Å². The van der Waals surface area contributed by atoms with E-state index < -0.39 is 0 Å². The second kappa shape index (κ2) is 8.96. The maximum absolute atomic E-state index is 12.9. The van der Waals surface area contributed by atoms with E-state index in [1.54, 1.807) is 23.5 Å². The van der Waals surface area contributed by atoms with Crippen molar-refractivity contribution in [2.45, 2.75) is 22.9 Å². The second-order valence-corrected chi connectivity index (χ2v) is 8.24. The van der Waals surface area contributed by atoms with Gasteiger partial charge in [-0.1, -0.05) is 54.2 Å². The standard InChI is InChI=1S/C20H19FN2OS2/c1-14(19(24)22-12-11-15-7-9-17(21)10-8-15)26-20-23-18(13-25-20)16-5-3-2-4-6-16/h2-10,13-14H,11-12H2,1H3,(H,22,24)/t14-/m0/s1. The Balaban J connectivity index is 1.48. The van der Waals surface area contributed by atoms with Crippen LogP contribution in [0.4, 0.5) is 4.39 Å². The minimum absolute atomic E-state index is 0.0198. The van der Waals surface area contributed by atoms with Gasteiger partial charge in [-0.05, 0) is 31.0 Å². The molecule has 0 saturated heterocycles. The number of aromatic nitrogens is 1. The van der Waals surface area contributed by atoms with Crippen molar-refractivity contribution in [3.63, 3.8) is 0 Å². The molecule has 134 valence electrons. The molecule has 3 aromatic rings. The molecule has 6 heteroatoms. The second-order valence-electron chi connectivity index (χ2n) is 5.79. The Labute approximate surface area is 160 Å². The smallest absolute Gasteiger partial charge is 0.233 e. The zero-order chi connectivity index (χ0) is 18.4. The molecule has 0 radical (unpaired) electrons. The van der Waals surface area contributed by atoms with Crippen molar-refractivity contribution < 1.29 is 9.18 Å². The molecule has 1 atom stereocenters. The molecule has 2 aromatic carbocycles. The van der Waals surface area contributed by atoms with Crippen molar-refractivity contribution >= 4 is 29.0 Å². The Hall–Kier alpha value is -2.18. The van der Waals surface area contributed by atoms with Gasteiger partial charge >= 0.3 is 0 Å². The van der Waals surface area contributed by atoms with Crippen LogP contribution in [0.5, 0.6) is 0 Å². The molecule has 0 unspecified atom stereocenters. The zero-order valence-corrected chi connectivity index (χ0v) is 15.9. The molecule has 1 aromatic heterocycles. The van der Waals surface area contributed by atoms with E-state index in [4.69, 9.17) is 0 Å². The Morgan fingerprint density at radius 2 is 1.92 bits per heavy atom. The molecule has 0 bridgehead atoms. The Morgan fingerprint density at radius 3 is 2.65 bits per heavy atom. The molecule has 0 fully saturated rings. The van der Waals surface area contributed by atoms with Crippen molar-refractivity contribution in [3.8, 4) is 11.3 Å². The lowest BCUT2D eigenvalue weighted by Gasteiger charge is -2.10. The SMILES string of the molecule is C[C@H](Sc1nc(-c2ccccc2)cs1)C(=O)NCCc1ccc(F)cc1. The molecule has 3 rings (SSSR count). The van der Waals surface area contributed by atoms with Gasteiger partial charge in [-0.15, -0.1) is 11.3 Å². The third kappa shape index (κ3) is 5.16. The van der Waals surface area contributed by atoms with Gasteiger partial charge < -0.3 is 5.32 Å². The summed E-state index contributed by atoms with van der Waals surface area (Å²) in [6.07, 6.45) is 0.679. The fraction of sp³-hybridized carbons (Fsp3) is 0.200. The van der Waals surface area contributed by atoms with E-state index in [2.05, 4.69) is 10.3 Å². The number of benzene rings is 2. The fourth-order valence-corrected chi connectivity index (χ4v) is 4.38. The number of hydrogen-bond acceptors (Lipinski definition) is 4. The number of rotatable bonds is 7. The van der Waals surface area contributed by atoms with Gasteiger partial charge in [-0.25, -0.2) is 9.37 Å². The van der Waals surface area contributed by atoms with E-state index in [9.17, 15) is 9.18 Å². The number of nitrogens with zero attached hydrogens (tertiary/aromatic N) is 1. The molecule has 1 heterocycles. The molecule has 0 saturated carbocycles. The minimum Gasteiger partial charge on any atom is -0.355 e. The highest BCUT2D eigenvalue weighted by Crippen LogP contribution is 2.30. The summed E-state index contributed by atoms with van der Waals surface area (Å²) in [6.45, 7) is 2.41. The van der Waals surface area contributed by atoms with Crippen LogP contribution in [0.1, 0.15) is 12.5 Å². The molecule has 0 spiro atoms. The van der Waals surface area contributed by atoms with Crippen LogP contribution in [-0.2, 0) is 11.2 Å². The topological polar surface area (TPSA) is 42.0 Å². The highest BCUT2D eigenvalue weighted by atomic mass is 32.2. The Bertz CT molecular complexity index is 850. The van der Waals surface area contributed by atoms with E-state index in [-0.39, 0.29) is 17.0 Å². The first-order valence-corrected chi connectivity index (χ1v) is 10.1. The van der Waals surface area contributed by atoms with Crippen LogP contribution in [0.15, 0.2) is 64.3 Å². The van der Waals surface area contributed by atoms with Crippen molar-refractivity contribution in [3.05, 3.63) is 71.4 Å². The molecule has 0 aliphatic carbocycles. The molecule has 0 aliphatic heterocycles. The Kier molecular flexibility index (Phi) is 6.41. The summed E-state index contributed by atoms with van der Waals surface area (Å²) in [6, 6.07) is 16.3. The summed E-state index contributed by atoms with van der Waals surface area (Å²) in [5, 5.41) is 4.71. The third-order valence-corrected chi connectivity index (χ3v) is 5.90. The summed E-state index contributed by atoms with van der Waals surface area (Å²) < 4.78 is 13.8. The molecular formula is C20H19FN2OS2. The Morgan fingerprint density at radius 1 is 1.19 bits per heavy atom. The van der Waals surface area contributed by atoms with Gasteiger partial charge in [0.2, 0.25) is 5.91 Å². The zero-order valence-electron chi connectivity index (χ0n) is 14.3. The van der Waals surface area contributed by atoms with Crippen molar-refractivity contribution in [1.82, 2.24) is 10.3 Å². The van der Waals surface area contributed by atoms with E-state index in [1.165, 1.54) is 23.9 Å². The molecule has 1 N–H and O–H groups in total. The molecule has 1 amide bonds. The van der Waals surface area contributed by atoms with Gasteiger partial charge in [0.1, 0.15) is 5.82 Å². The highest BCUT2D eigenvalue weighted by molar-refractivity contribution is 8.02. The summed E-state index contributed by atoms with van der Waals surface area (Å²) in [5.41, 5.74) is 3.01. The van der Waals surface area contributed by atoms with Gasteiger partial charge in [-0.2, -0.15) is 0 Å². The number of hydrogen-bond donors (Lipinski definition) is 1. The molecule has 3 nitrogen and oxygen atoms in total. The van der Waals surface area contributed by atoms with Crippen LogP contribution in [0.25, 0.3) is 11.3 Å². The van der Waals surface area contributed by atoms with Crippen molar-refractivity contribution in [1.29, 1.82) is 0 Å². The van der Waals surface area contributed by atoms with E-state index >= 15 is 0 Å². The van der Waals surface area contributed by atoms with Crippen LogP contribution >= 0.6 is 23.1 Å². The number of nitrogens with one attached hydrogen (secondary N) is 1. The van der Waals surface area contributed by atoms with Gasteiger partial charge in [0.25, 0.3) is 0 Å². The number of thiazole rings is 1. The number of thioether (sulfide) groups is 1. The lowest BCUT2D eigenvalue weighted by atomic mass is 10.1. The molecule has 26 heavy (non-hydrogen) atoms. The first-order valence-electron chi connectivity index (χ1n) is 8.31. The van der Waals surface area contributed by atoms with E-state index in [0.717, 1.165) is 21.2 Å². The monoisotopic (exact) mass is 386 g/mol. The summed E-state index contributed by atoms with van der Waals surface area (Å²) in [7, 11) is 0. The largest absolute Gasteiger partial charge is 0.355 e. The average Bonchev–Trinajstić information content (AvgIpc) is 3.12. The van der Waals surface area contributed by atoms with Gasteiger partial charge in [0.05, 0.1) is 10.9 Å². The van der Waals surface area contributed by atoms with Crippen LogP contribution < -0.4 is 5.32 Å². The third-order valence-electron chi connectivity index (χ3n) is 3.83. The van der Waals surface area contributed by atoms with E-state index in [1.807, 2.05) is 42.6 Å². The highest BCUT2D eigenvalue weighted by Gasteiger charge is 2.16. The minimum atomic E-state index is -0.249. The predicted octanol–water partition coefficient (Wildman–Crippen LogP) is 4.79. The van der Waals surface area contributed by atoms with Gasteiger partial charge in [0, 0.05) is 17.5 Å². The maximum atomic E-state index is 12.9. The predicted molar refractivity (Wildman–Crippen MR) is 106 cm³/mol. The van der Waals surface area contributed by atoms with Crippen LogP contribution in [0.2, 0.25) is 0 Å². The number of amides is 1. The van der Waals surface area contributed by atoms with Crippen LogP contribution in [0.3, 0.4) is 0 Å². The van der Waals surface area contributed by atoms with Crippen molar-refractivity contribution in [2.75, 3.05) is 6.54 Å². The normalized spacial score (nSPS) is 11.9. The van der Waals surface area contributed by atoms with Crippen molar-refractivity contribution in [2.24, 2.45) is 0 Å². The first kappa shape index (κ1) is 18.6. The maximum Gasteiger partial charge on any atom is 0.233 e. The lowest BCUT2D eigenvalue weighted by Crippen LogP contribution is -2.32. The lowest BCUT2D eigenvalue weighted by molar-refractivity contribution is -0.120. The number of carbonyl (C=O) groups is 1.